The van der Waals surface area contributed by atoms with Gasteiger partial charge in [-0.1, -0.05) is 45.0 Å². The lowest BCUT2D eigenvalue weighted by atomic mass is 9.86. The highest BCUT2D eigenvalue weighted by Crippen LogP contribution is 2.22. The Morgan fingerprint density at radius 2 is 1.59 bits per heavy atom. The van der Waals surface area contributed by atoms with E-state index in [-0.39, 0.29) is 17.4 Å². The van der Waals surface area contributed by atoms with Crippen molar-refractivity contribution in [2.24, 2.45) is 0 Å². The number of methoxy groups -OCH3 is 1. The number of benzene rings is 2. The third-order valence-electron chi connectivity index (χ3n) is 4.43. The maximum absolute atomic E-state index is 12.2. The fourth-order valence-corrected chi connectivity index (χ4v) is 2.71. The molecule has 0 radical (unpaired) electrons. The second-order valence-corrected chi connectivity index (χ2v) is 7.90. The Morgan fingerprint density at radius 3 is 2.15 bits per heavy atom. The van der Waals surface area contributed by atoms with E-state index in [1.807, 2.05) is 31.2 Å². The molecule has 2 aromatic carbocycles. The average Bonchev–Trinajstić information content (AvgIpc) is 2.65. The molecule has 4 heteroatoms. The van der Waals surface area contributed by atoms with Crippen LogP contribution in [-0.4, -0.2) is 25.7 Å². The lowest BCUT2D eigenvalue weighted by Crippen LogP contribution is -2.36. The fraction of sp³-hybridized carbons (Fsp3) is 0.435. The zero-order valence-electron chi connectivity index (χ0n) is 17.0. The van der Waals surface area contributed by atoms with E-state index in [0.29, 0.717) is 13.0 Å². The normalized spacial score (nSPS) is 12.3. The molecular formula is C23H31NO3. The monoisotopic (exact) mass is 369 g/mol. The molecule has 1 amide bonds. The second kappa shape index (κ2) is 9.45. The molecule has 0 fully saturated rings. The summed E-state index contributed by atoms with van der Waals surface area (Å²) in [4.78, 5) is 12.2. The smallest absolute Gasteiger partial charge is 0.220 e. The highest BCUT2D eigenvalue weighted by Gasteiger charge is 2.13. The van der Waals surface area contributed by atoms with Crippen LogP contribution in [0.4, 0.5) is 0 Å². The molecule has 4 nitrogen and oxygen atoms in total. The maximum atomic E-state index is 12.2. The molecule has 1 N–H and O–H groups in total. The SMILES string of the molecule is COc1ccc(OCC(C)NC(=O)CCc2ccc(C(C)(C)C)cc2)cc1. The Bertz CT molecular complexity index is 715. The van der Waals surface area contributed by atoms with Crippen molar-refractivity contribution in [3.63, 3.8) is 0 Å². The van der Waals surface area contributed by atoms with E-state index < -0.39 is 0 Å². The van der Waals surface area contributed by atoms with Gasteiger partial charge in [0.15, 0.2) is 0 Å². The number of hydrogen-bond acceptors (Lipinski definition) is 3. The molecule has 0 saturated heterocycles. The summed E-state index contributed by atoms with van der Waals surface area (Å²) >= 11 is 0. The minimum Gasteiger partial charge on any atom is -0.497 e. The number of carbonyl (C=O) groups is 1. The van der Waals surface area contributed by atoms with Gasteiger partial charge in [-0.05, 0) is 54.2 Å². The van der Waals surface area contributed by atoms with Gasteiger partial charge < -0.3 is 14.8 Å². The Kier molecular flexibility index (Phi) is 7.28. The summed E-state index contributed by atoms with van der Waals surface area (Å²) in [5, 5.41) is 2.99. The molecule has 0 aromatic heterocycles. The molecule has 0 saturated carbocycles. The van der Waals surface area contributed by atoms with Gasteiger partial charge in [-0.2, -0.15) is 0 Å². The first kappa shape index (κ1) is 20.8. The summed E-state index contributed by atoms with van der Waals surface area (Å²) in [6.07, 6.45) is 1.21. The molecule has 0 spiro atoms. The summed E-state index contributed by atoms with van der Waals surface area (Å²) < 4.78 is 10.8. The first-order valence-corrected chi connectivity index (χ1v) is 9.43. The molecule has 0 aliphatic heterocycles. The van der Waals surface area contributed by atoms with Crippen molar-refractivity contribution in [3.05, 3.63) is 59.7 Å². The number of aryl methyl sites for hydroxylation is 1. The number of carbonyl (C=O) groups excluding carboxylic acids is 1. The quantitative estimate of drug-likeness (QED) is 0.745. The minimum atomic E-state index is -0.0529. The van der Waals surface area contributed by atoms with Crippen molar-refractivity contribution >= 4 is 5.91 Å². The molecular weight excluding hydrogens is 338 g/mol. The van der Waals surface area contributed by atoms with Gasteiger partial charge in [0.1, 0.15) is 18.1 Å². The summed E-state index contributed by atoms with van der Waals surface area (Å²) in [5.74, 6) is 1.59. The summed E-state index contributed by atoms with van der Waals surface area (Å²) in [7, 11) is 1.63. The molecule has 0 aliphatic rings. The van der Waals surface area contributed by atoms with Gasteiger partial charge in [0.25, 0.3) is 0 Å². The molecule has 2 aromatic rings. The largest absolute Gasteiger partial charge is 0.497 e. The van der Waals surface area contributed by atoms with Crippen LogP contribution in [0.1, 0.15) is 45.2 Å². The zero-order chi connectivity index (χ0) is 19.9. The van der Waals surface area contributed by atoms with E-state index in [2.05, 4.69) is 50.4 Å². The predicted molar refractivity (Wildman–Crippen MR) is 110 cm³/mol. The number of ether oxygens (including phenoxy) is 2. The summed E-state index contributed by atoms with van der Waals surface area (Å²) in [6, 6.07) is 15.9. The van der Waals surface area contributed by atoms with Crippen LogP contribution in [0.3, 0.4) is 0 Å². The first-order chi connectivity index (χ1) is 12.8. The van der Waals surface area contributed by atoms with Gasteiger partial charge in [0.2, 0.25) is 5.91 Å². The topological polar surface area (TPSA) is 47.6 Å². The van der Waals surface area contributed by atoms with Crippen LogP contribution in [-0.2, 0) is 16.6 Å². The maximum Gasteiger partial charge on any atom is 0.220 e. The Labute approximate surface area is 162 Å². The van der Waals surface area contributed by atoms with Gasteiger partial charge in [-0.15, -0.1) is 0 Å². The van der Waals surface area contributed by atoms with Crippen LogP contribution >= 0.6 is 0 Å². The average molecular weight is 370 g/mol. The second-order valence-electron chi connectivity index (χ2n) is 7.90. The number of hydrogen-bond donors (Lipinski definition) is 1. The molecule has 1 atom stereocenters. The summed E-state index contributed by atoms with van der Waals surface area (Å²) in [5.41, 5.74) is 2.63. The molecule has 1 unspecified atom stereocenters. The van der Waals surface area contributed by atoms with Crippen LogP contribution in [0.15, 0.2) is 48.5 Å². The number of rotatable bonds is 8. The van der Waals surface area contributed by atoms with Crippen LogP contribution in [0, 0.1) is 0 Å². The van der Waals surface area contributed by atoms with Gasteiger partial charge >= 0.3 is 0 Å². The van der Waals surface area contributed by atoms with Gasteiger partial charge in [0, 0.05) is 6.42 Å². The first-order valence-electron chi connectivity index (χ1n) is 9.43. The van der Waals surface area contributed by atoms with E-state index in [0.717, 1.165) is 17.9 Å². The predicted octanol–water partition coefficient (Wildman–Crippen LogP) is 4.51. The molecule has 0 heterocycles. The van der Waals surface area contributed by atoms with Crippen molar-refractivity contribution in [1.29, 1.82) is 0 Å². The standard InChI is InChI=1S/C23H31NO3/c1-17(16-27-21-13-11-20(26-5)12-14-21)24-22(25)15-8-18-6-9-19(10-7-18)23(2,3)4/h6-7,9-14,17H,8,15-16H2,1-5H3,(H,24,25). The van der Waals surface area contributed by atoms with Crippen LogP contribution in [0.25, 0.3) is 0 Å². The third kappa shape index (κ3) is 6.97. The zero-order valence-corrected chi connectivity index (χ0v) is 17.0. The fourth-order valence-electron chi connectivity index (χ4n) is 2.71. The minimum absolute atomic E-state index is 0.0423. The van der Waals surface area contributed by atoms with Crippen molar-refractivity contribution in [3.8, 4) is 11.5 Å². The Morgan fingerprint density at radius 1 is 1.00 bits per heavy atom. The van der Waals surface area contributed by atoms with Crippen molar-refractivity contribution in [1.82, 2.24) is 5.32 Å². The third-order valence-corrected chi connectivity index (χ3v) is 4.43. The molecule has 2 rings (SSSR count). The number of nitrogens with one attached hydrogen (secondary N) is 1. The highest BCUT2D eigenvalue weighted by atomic mass is 16.5. The van der Waals surface area contributed by atoms with Gasteiger partial charge in [0.05, 0.1) is 13.2 Å². The molecule has 27 heavy (non-hydrogen) atoms. The Hall–Kier alpha value is -2.49. The summed E-state index contributed by atoms with van der Waals surface area (Å²) in [6.45, 7) is 8.97. The van der Waals surface area contributed by atoms with Crippen molar-refractivity contribution in [2.45, 2.75) is 52.0 Å². The van der Waals surface area contributed by atoms with E-state index in [4.69, 9.17) is 9.47 Å². The van der Waals surface area contributed by atoms with Crippen molar-refractivity contribution < 1.29 is 14.3 Å². The Balaban J connectivity index is 1.72. The van der Waals surface area contributed by atoms with Crippen LogP contribution in [0.2, 0.25) is 0 Å². The van der Waals surface area contributed by atoms with E-state index in [1.165, 1.54) is 11.1 Å². The highest BCUT2D eigenvalue weighted by molar-refractivity contribution is 5.76. The number of amides is 1. The van der Waals surface area contributed by atoms with Crippen molar-refractivity contribution in [2.75, 3.05) is 13.7 Å². The molecule has 0 aliphatic carbocycles. The molecule has 146 valence electrons. The van der Waals surface area contributed by atoms with Gasteiger partial charge in [-0.25, -0.2) is 0 Å². The lowest BCUT2D eigenvalue weighted by Gasteiger charge is -2.19. The van der Waals surface area contributed by atoms with Crippen LogP contribution < -0.4 is 14.8 Å². The van der Waals surface area contributed by atoms with E-state index in [9.17, 15) is 4.79 Å². The van der Waals surface area contributed by atoms with Gasteiger partial charge in [-0.3, -0.25) is 4.79 Å². The van der Waals surface area contributed by atoms with E-state index >= 15 is 0 Å². The molecule has 0 bridgehead atoms. The lowest BCUT2D eigenvalue weighted by molar-refractivity contribution is -0.121. The van der Waals surface area contributed by atoms with E-state index in [1.54, 1.807) is 7.11 Å². The van der Waals surface area contributed by atoms with Crippen LogP contribution in [0.5, 0.6) is 11.5 Å².